The fourth-order valence-corrected chi connectivity index (χ4v) is 4.17. The molecule has 1 aliphatic heterocycles. The van der Waals surface area contributed by atoms with Gasteiger partial charge in [-0.15, -0.1) is 0 Å². The molecular weight excluding hydrogens is 400 g/mol. The molecule has 0 radical (unpaired) electrons. The predicted molar refractivity (Wildman–Crippen MR) is 127 cm³/mol. The van der Waals surface area contributed by atoms with Crippen molar-refractivity contribution in [1.29, 1.82) is 0 Å². The lowest BCUT2D eigenvalue weighted by Gasteiger charge is -2.25. The third kappa shape index (κ3) is 3.60. The Labute approximate surface area is 188 Å². The molecule has 0 bridgehead atoms. The molecule has 32 heavy (non-hydrogen) atoms. The monoisotopic (exact) mass is 426 g/mol. The first-order valence-electron chi connectivity index (χ1n) is 10.8. The van der Waals surface area contributed by atoms with Gasteiger partial charge in [0.25, 0.3) is 17.7 Å². The molecule has 1 heterocycles. The largest absolute Gasteiger partial charge is 0.322 e. The van der Waals surface area contributed by atoms with Gasteiger partial charge in [0.05, 0.1) is 22.4 Å². The van der Waals surface area contributed by atoms with Crippen LogP contribution < -0.4 is 10.2 Å². The van der Waals surface area contributed by atoms with Crippen LogP contribution in [-0.2, 0) is 0 Å². The van der Waals surface area contributed by atoms with E-state index in [2.05, 4.69) is 5.32 Å². The normalized spacial score (nSPS) is 13.1. The maximum Gasteiger partial charge on any atom is 0.266 e. The molecule has 0 atom stereocenters. The van der Waals surface area contributed by atoms with E-state index in [1.54, 1.807) is 30.3 Å². The maximum atomic E-state index is 13.7. The van der Waals surface area contributed by atoms with Crippen LogP contribution in [0.4, 0.5) is 11.4 Å². The molecule has 3 aromatic carbocycles. The Morgan fingerprint density at radius 3 is 1.94 bits per heavy atom. The smallest absolute Gasteiger partial charge is 0.266 e. The summed E-state index contributed by atoms with van der Waals surface area (Å²) in [6.45, 7) is 8.17. The van der Waals surface area contributed by atoms with Crippen molar-refractivity contribution in [3.63, 3.8) is 0 Å². The van der Waals surface area contributed by atoms with Crippen molar-refractivity contribution in [1.82, 2.24) is 0 Å². The average molecular weight is 427 g/mol. The minimum atomic E-state index is -0.459. The Bertz CT molecular complexity index is 1190. The Balaban J connectivity index is 1.82. The second-order valence-electron chi connectivity index (χ2n) is 8.59. The number of nitrogens with one attached hydrogen (secondary N) is 1. The van der Waals surface area contributed by atoms with Gasteiger partial charge in [0, 0.05) is 5.69 Å². The summed E-state index contributed by atoms with van der Waals surface area (Å²) in [5.74, 6) is -1.03. The van der Waals surface area contributed by atoms with E-state index in [4.69, 9.17) is 0 Å². The number of nitrogens with zero attached hydrogens (tertiary/aromatic N) is 1. The minimum Gasteiger partial charge on any atom is -0.322 e. The summed E-state index contributed by atoms with van der Waals surface area (Å²) in [6.07, 6.45) is 0. The number of carbonyl (C=O) groups excluding carboxylic acids is 3. The third-order valence-electron chi connectivity index (χ3n) is 5.76. The van der Waals surface area contributed by atoms with E-state index in [0.717, 1.165) is 11.1 Å². The topological polar surface area (TPSA) is 66.5 Å². The van der Waals surface area contributed by atoms with Crippen molar-refractivity contribution in [3.8, 4) is 0 Å². The molecule has 0 saturated carbocycles. The van der Waals surface area contributed by atoms with E-state index < -0.39 is 17.7 Å². The number of para-hydroxylation sites is 2. The summed E-state index contributed by atoms with van der Waals surface area (Å²) in [6, 6.07) is 19.8. The van der Waals surface area contributed by atoms with Gasteiger partial charge >= 0.3 is 0 Å². The van der Waals surface area contributed by atoms with Crippen LogP contribution in [0, 0.1) is 0 Å². The fraction of sp³-hybridized carbons (Fsp3) is 0.222. The number of imide groups is 1. The van der Waals surface area contributed by atoms with Crippen LogP contribution in [0.25, 0.3) is 0 Å². The van der Waals surface area contributed by atoms with Gasteiger partial charge in [0.1, 0.15) is 0 Å². The van der Waals surface area contributed by atoms with Gasteiger partial charge in [-0.1, -0.05) is 70.2 Å². The number of hydrogen-bond donors (Lipinski definition) is 1. The van der Waals surface area contributed by atoms with Crippen LogP contribution in [-0.4, -0.2) is 17.7 Å². The molecule has 4 rings (SSSR count). The number of hydrogen-bond acceptors (Lipinski definition) is 3. The van der Waals surface area contributed by atoms with Crippen molar-refractivity contribution < 1.29 is 14.4 Å². The highest BCUT2D eigenvalue weighted by atomic mass is 16.2. The van der Waals surface area contributed by atoms with Gasteiger partial charge in [-0.25, -0.2) is 4.90 Å². The van der Waals surface area contributed by atoms with Gasteiger partial charge in [-0.2, -0.15) is 0 Å². The van der Waals surface area contributed by atoms with E-state index in [0.29, 0.717) is 11.4 Å². The molecule has 5 heteroatoms. The lowest BCUT2D eigenvalue weighted by Crippen LogP contribution is -2.32. The minimum absolute atomic E-state index is 0.119. The number of anilines is 2. The Hall–Kier alpha value is -3.73. The summed E-state index contributed by atoms with van der Waals surface area (Å²) in [5, 5.41) is 2.82. The average Bonchev–Trinajstić information content (AvgIpc) is 3.03. The van der Waals surface area contributed by atoms with Gasteiger partial charge in [0.15, 0.2) is 0 Å². The summed E-state index contributed by atoms with van der Waals surface area (Å²) < 4.78 is 0. The summed E-state index contributed by atoms with van der Waals surface area (Å²) in [5.41, 5.74) is 3.72. The molecule has 0 unspecified atom stereocenters. The summed E-state index contributed by atoms with van der Waals surface area (Å²) in [7, 11) is 0. The molecule has 1 N–H and O–H groups in total. The van der Waals surface area contributed by atoms with Crippen LogP contribution in [0.2, 0.25) is 0 Å². The standard InChI is InChI=1S/C27H26N2O3/c1-16(2)19-12-8-13-20(17(3)4)24(19)29-26(31)22-15-9-14-21(23(22)27(29)32)25(30)28-18-10-6-5-7-11-18/h5-17H,1-4H3,(H,28,30). The van der Waals surface area contributed by atoms with Crippen molar-refractivity contribution in [3.05, 3.63) is 94.5 Å². The Kier molecular flexibility index (Phi) is 5.66. The second-order valence-corrected chi connectivity index (χ2v) is 8.59. The van der Waals surface area contributed by atoms with Gasteiger partial charge < -0.3 is 5.32 Å². The highest BCUT2D eigenvalue weighted by Gasteiger charge is 2.41. The molecule has 0 aromatic heterocycles. The molecule has 0 fully saturated rings. The van der Waals surface area contributed by atoms with Crippen LogP contribution in [0.5, 0.6) is 0 Å². The molecule has 5 nitrogen and oxygen atoms in total. The van der Waals surface area contributed by atoms with Crippen molar-refractivity contribution in [2.45, 2.75) is 39.5 Å². The zero-order valence-electron chi connectivity index (χ0n) is 18.7. The Morgan fingerprint density at radius 1 is 0.750 bits per heavy atom. The first-order valence-corrected chi connectivity index (χ1v) is 10.8. The predicted octanol–water partition coefficient (Wildman–Crippen LogP) is 5.99. The Morgan fingerprint density at radius 2 is 1.34 bits per heavy atom. The van der Waals surface area contributed by atoms with Crippen LogP contribution in [0.15, 0.2) is 66.7 Å². The number of fused-ring (bicyclic) bond motifs is 1. The number of rotatable bonds is 5. The van der Waals surface area contributed by atoms with Crippen LogP contribution in [0.3, 0.4) is 0 Å². The van der Waals surface area contributed by atoms with E-state index in [9.17, 15) is 14.4 Å². The van der Waals surface area contributed by atoms with E-state index in [1.165, 1.54) is 4.90 Å². The molecule has 162 valence electrons. The van der Waals surface area contributed by atoms with Gasteiger partial charge in [-0.05, 0) is 47.2 Å². The molecular formula is C27H26N2O3. The summed E-state index contributed by atoms with van der Waals surface area (Å²) in [4.78, 5) is 41.4. The zero-order valence-corrected chi connectivity index (χ0v) is 18.7. The molecule has 0 spiro atoms. The van der Waals surface area contributed by atoms with Gasteiger partial charge in [0.2, 0.25) is 0 Å². The SMILES string of the molecule is CC(C)c1cccc(C(C)C)c1N1C(=O)c2cccc(C(=O)Nc3ccccc3)c2C1=O. The van der Waals surface area contributed by atoms with E-state index in [1.807, 2.05) is 64.1 Å². The molecule has 0 saturated heterocycles. The molecule has 3 amide bonds. The van der Waals surface area contributed by atoms with Crippen molar-refractivity contribution in [2.75, 3.05) is 10.2 Å². The second kappa shape index (κ2) is 8.42. The van der Waals surface area contributed by atoms with Crippen molar-refractivity contribution >= 4 is 29.1 Å². The highest BCUT2D eigenvalue weighted by molar-refractivity contribution is 6.37. The maximum absolute atomic E-state index is 13.7. The quantitative estimate of drug-likeness (QED) is 0.510. The number of carbonyl (C=O) groups is 3. The summed E-state index contributed by atoms with van der Waals surface area (Å²) >= 11 is 0. The molecule has 3 aromatic rings. The molecule has 0 aliphatic carbocycles. The lowest BCUT2D eigenvalue weighted by atomic mass is 9.92. The lowest BCUT2D eigenvalue weighted by molar-refractivity contribution is 0.0919. The first-order chi connectivity index (χ1) is 15.3. The van der Waals surface area contributed by atoms with E-state index >= 15 is 0 Å². The van der Waals surface area contributed by atoms with Crippen molar-refractivity contribution in [2.24, 2.45) is 0 Å². The van der Waals surface area contributed by atoms with Crippen LogP contribution >= 0.6 is 0 Å². The fourth-order valence-electron chi connectivity index (χ4n) is 4.17. The number of amides is 3. The molecule has 1 aliphatic rings. The zero-order chi connectivity index (χ0) is 23.0. The highest BCUT2D eigenvalue weighted by Crippen LogP contribution is 2.40. The van der Waals surface area contributed by atoms with Crippen LogP contribution in [0.1, 0.15) is 81.7 Å². The third-order valence-corrected chi connectivity index (χ3v) is 5.76. The van der Waals surface area contributed by atoms with E-state index in [-0.39, 0.29) is 28.5 Å². The first kappa shape index (κ1) is 21.5. The number of benzene rings is 3. The van der Waals surface area contributed by atoms with Gasteiger partial charge in [-0.3, -0.25) is 14.4 Å².